The maximum atomic E-state index is 13.0. The molecule has 6 nitrogen and oxygen atoms in total. The minimum absolute atomic E-state index is 0.0215. The number of fused-ring (bicyclic) bond motifs is 1. The van der Waals surface area contributed by atoms with Crippen LogP contribution in [-0.4, -0.2) is 66.5 Å². The van der Waals surface area contributed by atoms with E-state index >= 15 is 0 Å². The summed E-state index contributed by atoms with van der Waals surface area (Å²) in [6.07, 6.45) is 1.94. The van der Waals surface area contributed by atoms with Gasteiger partial charge >= 0.3 is 0 Å². The molecule has 2 aliphatic heterocycles. The third-order valence-electron chi connectivity index (χ3n) is 5.78. The average Bonchev–Trinajstić information content (AvgIpc) is 2.48. The zero-order chi connectivity index (χ0) is 15.4. The highest BCUT2D eigenvalue weighted by atomic mass is 16.5. The van der Waals surface area contributed by atoms with Crippen molar-refractivity contribution in [3.05, 3.63) is 0 Å². The Morgan fingerprint density at radius 1 is 1.38 bits per heavy atom. The van der Waals surface area contributed by atoms with Crippen molar-refractivity contribution in [1.29, 1.82) is 0 Å². The molecule has 3 rings (SSSR count). The molecule has 0 spiro atoms. The van der Waals surface area contributed by atoms with Crippen molar-refractivity contribution in [1.82, 2.24) is 9.80 Å². The molecule has 0 aromatic carbocycles. The van der Waals surface area contributed by atoms with Crippen molar-refractivity contribution in [3.8, 4) is 0 Å². The van der Waals surface area contributed by atoms with Gasteiger partial charge in [-0.25, -0.2) is 0 Å². The van der Waals surface area contributed by atoms with Crippen LogP contribution in [0.4, 0.5) is 0 Å². The van der Waals surface area contributed by atoms with Gasteiger partial charge in [0.2, 0.25) is 11.8 Å². The zero-order valence-electron chi connectivity index (χ0n) is 13.1. The minimum Gasteiger partial charge on any atom is -0.377 e. The maximum absolute atomic E-state index is 13.0. The van der Waals surface area contributed by atoms with Gasteiger partial charge in [-0.1, -0.05) is 13.8 Å². The Kier molecular flexibility index (Phi) is 3.29. The first-order chi connectivity index (χ1) is 9.80. The lowest BCUT2D eigenvalue weighted by atomic mass is 9.46. The summed E-state index contributed by atoms with van der Waals surface area (Å²) in [7, 11) is 1.76. The quantitative estimate of drug-likeness (QED) is 0.728. The number of ether oxygens (including phenoxy) is 1. The fourth-order valence-electron chi connectivity index (χ4n) is 4.20. The van der Waals surface area contributed by atoms with Crippen LogP contribution in [-0.2, 0) is 14.3 Å². The highest BCUT2D eigenvalue weighted by Crippen LogP contribution is 2.57. The molecule has 2 heterocycles. The largest absolute Gasteiger partial charge is 0.377 e. The second-order valence-electron chi connectivity index (χ2n) is 7.17. The third kappa shape index (κ3) is 1.85. The summed E-state index contributed by atoms with van der Waals surface area (Å²) in [6, 6.07) is 0. The molecule has 3 unspecified atom stereocenters. The van der Waals surface area contributed by atoms with Crippen LogP contribution >= 0.6 is 0 Å². The number of hydrogen-bond acceptors (Lipinski definition) is 4. The molecule has 0 bridgehead atoms. The second-order valence-corrected chi connectivity index (χ2v) is 7.17. The number of hydrogen-bond donors (Lipinski definition) is 1. The summed E-state index contributed by atoms with van der Waals surface area (Å²) in [5, 5.41) is 0. The molecule has 3 aliphatic rings. The fraction of sp³-hybridized carbons (Fsp3) is 0.867. The molecule has 0 radical (unpaired) electrons. The summed E-state index contributed by atoms with van der Waals surface area (Å²) in [5.74, 6) is -0.0315. The van der Waals surface area contributed by atoms with E-state index in [1.165, 1.54) is 0 Å². The van der Waals surface area contributed by atoms with Crippen LogP contribution in [0.15, 0.2) is 0 Å². The predicted octanol–water partition coefficient (Wildman–Crippen LogP) is -0.180. The van der Waals surface area contributed by atoms with Crippen LogP contribution < -0.4 is 5.73 Å². The number of rotatable bonds is 1. The normalized spacial score (nSPS) is 38.8. The highest BCUT2D eigenvalue weighted by Gasteiger charge is 2.71. The van der Waals surface area contributed by atoms with Crippen LogP contribution in [0.25, 0.3) is 0 Å². The smallest absolute Gasteiger partial charge is 0.244 e. The number of nitrogens with zero attached hydrogens (tertiary/aromatic N) is 2. The first kappa shape index (κ1) is 14.8. The summed E-state index contributed by atoms with van der Waals surface area (Å²) < 4.78 is 5.84. The maximum Gasteiger partial charge on any atom is 0.244 e. The van der Waals surface area contributed by atoms with E-state index < -0.39 is 5.54 Å². The van der Waals surface area contributed by atoms with Crippen molar-refractivity contribution < 1.29 is 14.3 Å². The van der Waals surface area contributed by atoms with Gasteiger partial charge in [0.25, 0.3) is 0 Å². The van der Waals surface area contributed by atoms with Gasteiger partial charge in [0.15, 0.2) is 0 Å². The van der Waals surface area contributed by atoms with Crippen molar-refractivity contribution in [3.63, 3.8) is 0 Å². The molecule has 0 aromatic heterocycles. The van der Waals surface area contributed by atoms with Gasteiger partial charge in [-0.05, 0) is 12.8 Å². The van der Waals surface area contributed by atoms with Gasteiger partial charge in [0.1, 0.15) is 5.54 Å². The van der Waals surface area contributed by atoms with E-state index in [9.17, 15) is 9.59 Å². The van der Waals surface area contributed by atoms with E-state index in [-0.39, 0.29) is 35.8 Å². The lowest BCUT2D eigenvalue weighted by molar-refractivity contribution is -0.230. The number of likely N-dealkylation sites (N-methyl/N-ethyl adjacent to an activating group) is 1. The Bertz CT molecular complexity index is 479. The fourth-order valence-corrected chi connectivity index (χ4v) is 4.20. The Hall–Kier alpha value is -1.14. The summed E-state index contributed by atoms with van der Waals surface area (Å²) in [5.41, 5.74) is 5.30. The average molecular weight is 295 g/mol. The number of piperazine rings is 1. The first-order valence-electron chi connectivity index (χ1n) is 7.74. The molecular formula is C15H25N3O3. The molecule has 0 aromatic rings. The SMILES string of the molecule is CN1CCN(C(=O)C2(N)C3CCCOC3C2(C)C)CC1=O. The molecule has 3 atom stereocenters. The number of nitrogens with two attached hydrogens (primary N) is 1. The Balaban J connectivity index is 1.81. The minimum atomic E-state index is -0.908. The van der Waals surface area contributed by atoms with Crippen LogP contribution in [0.3, 0.4) is 0 Å². The van der Waals surface area contributed by atoms with Crippen LogP contribution in [0.1, 0.15) is 26.7 Å². The topological polar surface area (TPSA) is 75.9 Å². The standard InChI is InChI=1S/C15H25N3O3/c1-14(2)12-10(5-4-8-21-12)15(14,16)13(20)18-7-6-17(3)11(19)9-18/h10,12H,4-9,16H2,1-3H3. The van der Waals surface area contributed by atoms with Crippen LogP contribution in [0, 0.1) is 11.3 Å². The van der Waals surface area contributed by atoms with Gasteiger partial charge in [0, 0.05) is 38.1 Å². The van der Waals surface area contributed by atoms with Gasteiger partial charge in [-0.2, -0.15) is 0 Å². The lowest BCUT2D eigenvalue weighted by Crippen LogP contribution is -2.83. The van der Waals surface area contributed by atoms with Crippen molar-refractivity contribution in [2.24, 2.45) is 17.1 Å². The second kappa shape index (κ2) is 4.68. The zero-order valence-corrected chi connectivity index (χ0v) is 13.1. The monoisotopic (exact) mass is 295 g/mol. The Morgan fingerprint density at radius 3 is 2.76 bits per heavy atom. The molecule has 2 N–H and O–H groups in total. The van der Waals surface area contributed by atoms with Gasteiger partial charge in [-0.3, -0.25) is 9.59 Å². The van der Waals surface area contributed by atoms with E-state index in [2.05, 4.69) is 0 Å². The Labute approximate surface area is 125 Å². The molecular weight excluding hydrogens is 270 g/mol. The van der Waals surface area contributed by atoms with E-state index in [0.717, 1.165) is 19.4 Å². The highest BCUT2D eigenvalue weighted by molar-refractivity contribution is 5.93. The van der Waals surface area contributed by atoms with E-state index in [1.54, 1.807) is 16.8 Å². The Morgan fingerprint density at radius 2 is 2.10 bits per heavy atom. The summed E-state index contributed by atoms with van der Waals surface area (Å²) in [6.45, 7) is 6.05. The molecule has 21 heavy (non-hydrogen) atoms. The van der Waals surface area contributed by atoms with E-state index in [1.807, 2.05) is 13.8 Å². The van der Waals surface area contributed by atoms with Gasteiger partial charge in [0.05, 0.1) is 12.6 Å². The summed E-state index contributed by atoms with van der Waals surface area (Å²) in [4.78, 5) is 28.1. The summed E-state index contributed by atoms with van der Waals surface area (Å²) >= 11 is 0. The van der Waals surface area contributed by atoms with E-state index in [0.29, 0.717) is 13.1 Å². The molecule has 1 aliphatic carbocycles. The first-order valence-corrected chi connectivity index (χ1v) is 7.74. The van der Waals surface area contributed by atoms with Crippen LogP contribution in [0.5, 0.6) is 0 Å². The molecule has 2 saturated heterocycles. The third-order valence-corrected chi connectivity index (χ3v) is 5.78. The number of carbonyl (C=O) groups is 2. The lowest BCUT2D eigenvalue weighted by Gasteiger charge is -2.65. The van der Waals surface area contributed by atoms with Crippen molar-refractivity contribution in [2.45, 2.75) is 38.3 Å². The molecule has 1 saturated carbocycles. The molecule has 3 fully saturated rings. The van der Waals surface area contributed by atoms with Crippen molar-refractivity contribution in [2.75, 3.05) is 33.3 Å². The van der Waals surface area contributed by atoms with Gasteiger partial charge in [-0.15, -0.1) is 0 Å². The molecule has 2 amide bonds. The van der Waals surface area contributed by atoms with Gasteiger partial charge < -0.3 is 20.3 Å². The predicted molar refractivity (Wildman–Crippen MR) is 77.4 cm³/mol. The molecule has 118 valence electrons. The van der Waals surface area contributed by atoms with E-state index in [4.69, 9.17) is 10.5 Å². The number of amides is 2. The van der Waals surface area contributed by atoms with Crippen molar-refractivity contribution >= 4 is 11.8 Å². The number of carbonyl (C=O) groups excluding carboxylic acids is 2. The molecule has 6 heteroatoms. The van der Waals surface area contributed by atoms with Crippen LogP contribution in [0.2, 0.25) is 0 Å².